The van der Waals surface area contributed by atoms with Gasteiger partial charge in [0.15, 0.2) is 0 Å². The highest BCUT2D eigenvalue weighted by molar-refractivity contribution is 7.21. The highest BCUT2D eigenvalue weighted by Crippen LogP contribution is 2.45. The van der Waals surface area contributed by atoms with E-state index in [-0.39, 0.29) is 59.2 Å². The number of carboxylic acids is 1. The molecule has 0 atom stereocenters. The second kappa shape index (κ2) is 12.8. The monoisotopic (exact) mass is 705 g/mol. The number of nitrogens with two attached hydrogens (primary N) is 4. The van der Waals surface area contributed by atoms with Crippen LogP contribution in [0, 0.1) is 0 Å². The molecular weight excluding hydrogens is 676 g/mol. The van der Waals surface area contributed by atoms with Crippen molar-refractivity contribution in [3.8, 4) is 0 Å². The Morgan fingerprint density at radius 1 is 0.809 bits per heavy atom. The van der Waals surface area contributed by atoms with Crippen molar-refractivity contribution in [1.82, 2.24) is 15.3 Å². The number of aromatic carboxylic acids is 1. The fourth-order valence-electron chi connectivity index (χ4n) is 5.35. The van der Waals surface area contributed by atoms with Crippen LogP contribution in [0.3, 0.4) is 0 Å². The van der Waals surface area contributed by atoms with Crippen molar-refractivity contribution in [3.05, 3.63) is 33.0 Å². The molecule has 10 N–H and O–H groups in total. The molecule has 2 aliphatic rings. The average molecular weight is 706 g/mol. The van der Waals surface area contributed by atoms with E-state index in [9.17, 15) is 35.9 Å². The van der Waals surface area contributed by atoms with Crippen molar-refractivity contribution in [2.24, 2.45) is 11.5 Å². The predicted octanol–water partition coefficient (Wildman–Crippen LogP) is 3.93. The van der Waals surface area contributed by atoms with E-state index in [1.807, 2.05) is 0 Å². The number of hydrogen-bond donors (Lipinski definition) is 6. The van der Waals surface area contributed by atoms with E-state index < -0.39 is 35.4 Å². The number of anilines is 4. The minimum absolute atomic E-state index is 0.0109. The van der Waals surface area contributed by atoms with E-state index in [4.69, 9.17) is 28.0 Å². The second-order valence-corrected chi connectivity index (χ2v) is 12.8. The van der Waals surface area contributed by atoms with Crippen LogP contribution in [0.2, 0.25) is 0 Å². The summed E-state index contributed by atoms with van der Waals surface area (Å²) in [6.45, 7) is 3.41. The lowest BCUT2D eigenvalue weighted by molar-refractivity contribution is -0.137. The molecule has 4 aromatic heterocycles. The standard InChI is InChI=1S/C14H16F3N5OS.C13H13F3N4O2S/c15-14(16,17)7-5-8(22-3-1-6(18)2-4-22)21-13-9(7)10(19)11(24-13)12(20)23;14-13(15,16)6-5-7(20-3-1-18-2-4-20)19-11-8(6)9(17)10(23-11)12(21)22/h5-6H,1-4,18-19H2,(H2,20,23);5,18H,1-4,17H2,(H,21,22). The zero-order valence-corrected chi connectivity index (χ0v) is 26.0. The lowest BCUT2D eigenvalue weighted by atomic mass is 10.1. The molecule has 0 aliphatic carbocycles. The lowest BCUT2D eigenvalue weighted by Crippen LogP contribution is -2.44. The van der Waals surface area contributed by atoms with Crippen LogP contribution in [-0.4, -0.2) is 72.3 Å². The molecule has 20 heteroatoms. The molecule has 1 amide bonds. The first-order chi connectivity index (χ1) is 22.0. The summed E-state index contributed by atoms with van der Waals surface area (Å²) in [5.41, 5.74) is 19.9. The normalized spacial score (nSPS) is 16.4. The summed E-state index contributed by atoms with van der Waals surface area (Å²) < 4.78 is 80.6. The Morgan fingerprint density at radius 2 is 1.23 bits per heavy atom. The van der Waals surface area contributed by atoms with Crippen LogP contribution in [0.1, 0.15) is 43.3 Å². The summed E-state index contributed by atoms with van der Waals surface area (Å²) in [4.78, 5) is 34.1. The van der Waals surface area contributed by atoms with Crippen LogP contribution in [0.5, 0.6) is 0 Å². The Morgan fingerprint density at radius 3 is 1.66 bits per heavy atom. The summed E-state index contributed by atoms with van der Waals surface area (Å²) in [7, 11) is 0. The van der Waals surface area contributed by atoms with Gasteiger partial charge in [0, 0.05) is 56.1 Å². The predicted molar refractivity (Wildman–Crippen MR) is 168 cm³/mol. The van der Waals surface area contributed by atoms with E-state index in [1.165, 1.54) is 0 Å². The van der Waals surface area contributed by atoms with Gasteiger partial charge < -0.3 is 43.2 Å². The number of nitrogen functional groups attached to an aromatic ring is 2. The van der Waals surface area contributed by atoms with Crippen LogP contribution < -0.4 is 38.1 Å². The Balaban J connectivity index is 0.000000185. The Labute approximate surface area is 270 Å². The van der Waals surface area contributed by atoms with Gasteiger partial charge in [0.1, 0.15) is 31.1 Å². The molecule has 0 spiro atoms. The van der Waals surface area contributed by atoms with Gasteiger partial charge in [-0.3, -0.25) is 4.79 Å². The summed E-state index contributed by atoms with van der Waals surface area (Å²) in [6.07, 6.45) is -7.90. The Kier molecular flexibility index (Phi) is 9.32. The number of alkyl halides is 6. The van der Waals surface area contributed by atoms with Gasteiger partial charge in [-0.05, 0) is 25.0 Å². The van der Waals surface area contributed by atoms with Crippen molar-refractivity contribution >= 4 is 78.0 Å². The number of piperazine rings is 1. The third kappa shape index (κ3) is 6.94. The van der Waals surface area contributed by atoms with E-state index in [1.54, 1.807) is 9.80 Å². The maximum Gasteiger partial charge on any atom is 0.417 e. The Bertz CT molecular complexity index is 1830. The van der Waals surface area contributed by atoms with Crippen LogP contribution in [-0.2, 0) is 12.4 Å². The molecule has 0 saturated carbocycles. The molecule has 6 rings (SSSR count). The molecule has 0 aromatic carbocycles. The van der Waals surface area contributed by atoms with Crippen molar-refractivity contribution in [2.45, 2.75) is 31.2 Å². The summed E-state index contributed by atoms with van der Waals surface area (Å²) >= 11 is 1.44. The molecular formula is C27H29F6N9O3S2. The SMILES string of the molecule is NC(=O)c1sc2nc(N3CCC(N)CC3)cc(C(F)(F)F)c2c1N.Nc1c(C(=O)O)sc2nc(N3CCNCC3)cc(C(F)(F)F)c12. The second-order valence-electron chi connectivity index (χ2n) is 10.8. The zero-order chi connectivity index (χ0) is 34.4. The maximum atomic E-state index is 13.5. The van der Waals surface area contributed by atoms with E-state index in [0.29, 0.717) is 63.4 Å². The molecule has 6 heterocycles. The highest BCUT2D eigenvalue weighted by Gasteiger charge is 2.38. The number of rotatable bonds is 4. The van der Waals surface area contributed by atoms with Gasteiger partial charge in [0.2, 0.25) is 0 Å². The minimum atomic E-state index is -4.64. The third-order valence-electron chi connectivity index (χ3n) is 7.70. The number of halogens is 6. The number of carbonyl (C=O) groups is 2. The molecule has 47 heavy (non-hydrogen) atoms. The number of carboxylic acid groups (broad SMARTS) is 1. The van der Waals surface area contributed by atoms with E-state index in [0.717, 1.165) is 23.5 Å². The average Bonchev–Trinajstić information content (AvgIpc) is 3.53. The minimum Gasteiger partial charge on any atom is -0.477 e. The number of aromatic nitrogens is 2. The summed E-state index contributed by atoms with van der Waals surface area (Å²) in [5, 5.41) is 11.6. The highest BCUT2D eigenvalue weighted by atomic mass is 32.1. The van der Waals surface area contributed by atoms with Gasteiger partial charge in [-0.25, -0.2) is 14.8 Å². The first kappa shape index (κ1) is 34.2. The lowest BCUT2D eigenvalue weighted by Gasteiger charge is -2.31. The van der Waals surface area contributed by atoms with E-state index >= 15 is 0 Å². The number of amides is 1. The number of fused-ring (bicyclic) bond motifs is 2. The molecule has 0 unspecified atom stereocenters. The van der Waals surface area contributed by atoms with Crippen molar-refractivity contribution in [1.29, 1.82) is 0 Å². The number of pyridine rings is 2. The first-order valence-electron chi connectivity index (χ1n) is 14.1. The fourth-order valence-corrected chi connectivity index (χ4v) is 7.27. The molecule has 2 saturated heterocycles. The van der Waals surface area contributed by atoms with Gasteiger partial charge in [-0.1, -0.05) is 0 Å². The largest absolute Gasteiger partial charge is 0.477 e. The molecule has 4 aromatic rings. The number of carbonyl (C=O) groups excluding carboxylic acids is 1. The zero-order valence-electron chi connectivity index (χ0n) is 24.3. The number of piperidine rings is 1. The van der Waals surface area contributed by atoms with Gasteiger partial charge in [-0.15, -0.1) is 22.7 Å². The number of thiophene rings is 2. The molecule has 2 aliphatic heterocycles. The maximum absolute atomic E-state index is 13.5. The van der Waals surface area contributed by atoms with Crippen LogP contribution >= 0.6 is 22.7 Å². The number of nitrogens with one attached hydrogen (secondary N) is 1. The third-order valence-corrected chi connectivity index (χ3v) is 9.91. The van der Waals surface area contributed by atoms with Gasteiger partial charge in [0.25, 0.3) is 5.91 Å². The summed E-state index contributed by atoms with van der Waals surface area (Å²) in [6, 6.07) is 1.97. The molecule has 2 fully saturated rings. The van der Waals surface area contributed by atoms with Crippen LogP contribution in [0.15, 0.2) is 12.1 Å². The Hall–Kier alpha value is -4.14. The van der Waals surface area contributed by atoms with Crippen LogP contribution in [0.25, 0.3) is 20.4 Å². The molecule has 12 nitrogen and oxygen atoms in total. The van der Waals surface area contributed by atoms with Gasteiger partial charge >= 0.3 is 18.3 Å². The molecule has 0 bridgehead atoms. The number of primary amides is 1. The topological polar surface area (TPSA) is 203 Å². The van der Waals surface area contributed by atoms with Crippen molar-refractivity contribution < 1.29 is 41.0 Å². The number of hydrogen-bond acceptors (Lipinski definition) is 12. The summed E-state index contributed by atoms with van der Waals surface area (Å²) in [5.74, 6) is -1.83. The number of nitrogens with zero attached hydrogens (tertiary/aromatic N) is 4. The van der Waals surface area contributed by atoms with Crippen LogP contribution in [0.4, 0.5) is 49.4 Å². The van der Waals surface area contributed by atoms with Gasteiger partial charge in [0.05, 0.1) is 22.5 Å². The smallest absolute Gasteiger partial charge is 0.417 e. The quantitative estimate of drug-likeness (QED) is 0.168. The van der Waals surface area contributed by atoms with E-state index in [2.05, 4.69) is 15.3 Å². The van der Waals surface area contributed by atoms with Crippen molar-refractivity contribution in [2.75, 3.05) is 60.5 Å². The fraction of sp³-hybridized carbons (Fsp3) is 0.407. The molecule has 0 radical (unpaired) electrons. The molecule has 254 valence electrons. The van der Waals surface area contributed by atoms with Gasteiger partial charge in [-0.2, -0.15) is 26.3 Å². The first-order valence-corrected chi connectivity index (χ1v) is 15.7. The van der Waals surface area contributed by atoms with Crippen molar-refractivity contribution in [3.63, 3.8) is 0 Å².